The van der Waals surface area contributed by atoms with Crippen LogP contribution in [0.25, 0.3) is 0 Å². The van der Waals surface area contributed by atoms with Gasteiger partial charge in [-0.15, -0.1) is 0 Å². The van der Waals surface area contributed by atoms with Crippen molar-refractivity contribution in [3.63, 3.8) is 0 Å². The van der Waals surface area contributed by atoms with Gasteiger partial charge in [0.15, 0.2) is 0 Å². The van der Waals surface area contributed by atoms with Gasteiger partial charge < -0.3 is 0 Å². The SMILES string of the molecule is C1=CCCCCCCCCCCCCCCCCCCCC1. The summed E-state index contributed by atoms with van der Waals surface area (Å²) in [4.78, 5) is 0. The van der Waals surface area contributed by atoms with E-state index in [1.54, 1.807) is 0 Å². The molecule has 22 heavy (non-hydrogen) atoms. The molecule has 0 aromatic rings. The van der Waals surface area contributed by atoms with Gasteiger partial charge in [-0.2, -0.15) is 0 Å². The maximum atomic E-state index is 2.44. The van der Waals surface area contributed by atoms with E-state index in [0.29, 0.717) is 0 Å². The Bertz CT molecular complexity index is 204. The predicted molar refractivity (Wildman–Crippen MR) is 101 cm³/mol. The maximum absolute atomic E-state index is 2.44. The van der Waals surface area contributed by atoms with Gasteiger partial charge in [-0.25, -0.2) is 0 Å². The summed E-state index contributed by atoms with van der Waals surface area (Å²) < 4.78 is 0. The Kier molecular flexibility index (Phi) is 15.4. The molecule has 0 saturated heterocycles. The van der Waals surface area contributed by atoms with Crippen molar-refractivity contribution >= 4 is 0 Å². The summed E-state index contributed by atoms with van der Waals surface area (Å²) in [5, 5.41) is 0. The highest BCUT2D eigenvalue weighted by atomic mass is 14.0. The third-order valence-corrected chi connectivity index (χ3v) is 5.16. The average Bonchev–Trinajstić information content (AvgIpc) is 2.53. The Balaban J connectivity index is 2.05. The van der Waals surface area contributed by atoms with E-state index >= 15 is 0 Å². The summed E-state index contributed by atoms with van der Waals surface area (Å²) in [6.45, 7) is 0. The zero-order valence-electron chi connectivity index (χ0n) is 15.3. The van der Waals surface area contributed by atoms with Gasteiger partial charge in [0.25, 0.3) is 0 Å². The van der Waals surface area contributed by atoms with Crippen LogP contribution in [0.15, 0.2) is 12.2 Å². The molecule has 0 aliphatic heterocycles. The smallest absolute Gasteiger partial charge is 0.0351 e. The molecular weight excluding hydrogens is 264 g/mol. The van der Waals surface area contributed by atoms with Crippen LogP contribution in [0.4, 0.5) is 0 Å². The van der Waals surface area contributed by atoms with Gasteiger partial charge in [0.05, 0.1) is 0 Å². The number of allylic oxidation sites excluding steroid dienone is 2. The fraction of sp³-hybridized carbons (Fsp3) is 0.909. The minimum Gasteiger partial charge on any atom is -0.0885 e. The molecule has 1 aliphatic carbocycles. The molecule has 0 bridgehead atoms. The van der Waals surface area contributed by atoms with Gasteiger partial charge >= 0.3 is 0 Å². The maximum Gasteiger partial charge on any atom is -0.0351 e. The molecule has 0 saturated carbocycles. The molecule has 130 valence electrons. The van der Waals surface area contributed by atoms with Crippen molar-refractivity contribution < 1.29 is 0 Å². The first-order chi connectivity index (χ1) is 11.0. The first kappa shape index (κ1) is 19.8. The first-order valence-corrected chi connectivity index (χ1v) is 10.6. The third kappa shape index (κ3) is 14.7. The van der Waals surface area contributed by atoms with E-state index in [4.69, 9.17) is 0 Å². The lowest BCUT2D eigenvalue weighted by Crippen LogP contribution is -1.84. The highest BCUT2D eigenvalue weighted by Crippen LogP contribution is 2.15. The summed E-state index contributed by atoms with van der Waals surface area (Å²) in [6.07, 6.45) is 34.0. The molecule has 1 rings (SSSR count). The van der Waals surface area contributed by atoms with Crippen molar-refractivity contribution in [3.8, 4) is 0 Å². The lowest BCUT2D eigenvalue weighted by Gasteiger charge is -2.04. The average molecular weight is 307 g/mol. The molecule has 1 aliphatic rings. The van der Waals surface area contributed by atoms with Crippen LogP contribution >= 0.6 is 0 Å². The molecule has 0 radical (unpaired) electrons. The molecule has 0 aromatic heterocycles. The minimum atomic E-state index is 1.32. The summed E-state index contributed by atoms with van der Waals surface area (Å²) in [6, 6.07) is 0. The molecule has 0 amide bonds. The van der Waals surface area contributed by atoms with Gasteiger partial charge in [0.2, 0.25) is 0 Å². The monoisotopic (exact) mass is 306 g/mol. The Hall–Kier alpha value is -0.260. The standard InChI is InChI=1S/C22H42/c1-2-4-6-8-10-12-14-16-18-20-22-21-19-17-15-13-11-9-7-5-3-1/h1-2H,3-22H2. The Labute approximate surface area is 141 Å². The summed E-state index contributed by atoms with van der Waals surface area (Å²) in [5.41, 5.74) is 0. The molecule has 0 atom stereocenters. The van der Waals surface area contributed by atoms with Crippen LogP contribution in [0.1, 0.15) is 128 Å². The predicted octanol–water partition coefficient (Wildman–Crippen LogP) is 8.36. The number of rotatable bonds is 0. The van der Waals surface area contributed by atoms with Crippen LogP contribution in [0.5, 0.6) is 0 Å². The second-order valence-corrected chi connectivity index (χ2v) is 7.41. The quantitative estimate of drug-likeness (QED) is 0.394. The largest absolute Gasteiger partial charge is 0.0885 e. The molecule has 0 nitrogen and oxygen atoms in total. The van der Waals surface area contributed by atoms with Crippen LogP contribution in [0.2, 0.25) is 0 Å². The van der Waals surface area contributed by atoms with E-state index in [1.807, 2.05) is 0 Å². The van der Waals surface area contributed by atoms with Crippen LogP contribution in [0.3, 0.4) is 0 Å². The van der Waals surface area contributed by atoms with Crippen LogP contribution in [-0.4, -0.2) is 0 Å². The second-order valence-electron chi connectivity index (χ2n) is 7.41. The zero-order valence-corrected chi connectivity index (χ0v) is 15.3. The van der Waals surface area contributed by atoms with E-state index in [1.165, 1.54) is 128 Å². The Morgan fingerprint density at radius 3 is 0.636 bits per heavy atom. The van der Waals surface area contributed by atoms with Gasteiger partial charge in [-0.3, -0.25) is 0 Å². The van der Waals surface area contributed by atoms with Gasteiger partial charge in [-0.1, -0.05) is 115 Å². The number of hydrogen-bond acceptors (Lipinski definition) is 0. The third-order valence-electron chi connectivity index (χ3n) is 5.16. The van der Waals surface area contributed by atoms with Crippen molar-refractivity contribution in [3.05, 3.63) is 12.2 Å². The lowest BCUT2D eigenvalue weighted by atomic mass is 10.0. The molecule has 0 N–H and O–H groups in total. The highest BCUT2D eigenvalue weighted by molar-refractivity contribution is 4.81. The summed E-state index contributed by atoms with van der Waals surface area (Å²) in [7, 11) is 0. The lowest BCUT2D eigenvalue weighted by molar-refractivity contribution is 0.523. The van der Waals surface area contributed by atoms with Crippen molar-refractivity contribution in [1.82, 2.24) is 0 Å². The second kappa shape index (κ2) is 17.1. The molecular formula is C22H42. The van der Waals surface area contributed by atoms with Gasteiger partial charge in [-0.05, 0) is 25.7 Å². The Morgan fingerprint density at radius 2 is 0.409 bits per heavy atom. The van der Waals surface area contributed by atoms with Crippen molar-refractivity contribution in [2.45, 2.75) is 128 Å². The highest BCUT2D eigenvalue weighted by Gasteiger charge is 1.95. The van der Waals surface area contributed by atoms with E-state index in [0.717, 1.165) is 0 Å². The zero-order chi connectivity index (χ0) is 15.6. The van der Waals surface area contributed by atoms with Crippen LogP contribution < -0.4 is 0 Å². The fourth-order valence-corrected chi connectivity index (χ4v) is 3.59. The van der Waals surface area contributed by atoms with Crippen molar-refractivity contribution in [1.29, 1.82) is 0 Å². The summed E-state index contributed by atoms with van der Waals surface area (Å²) in [5.74, 6) is 0. The molecule has 0 heteroatoms. The van der Waals surface area contributed by atoms with Crippen LogP contribution in [0, 0.1) is 0 Å². The minimum absolute atomic E-state index is 1.32. The van der Waals surface area contributed by atoms with Crippen molar-refractivity contribution in [2.24, 2.45) is 0 Å². The van der Waals surface area contributed by atoms with Crippen molar-refractivity contribution in [2.75, 3.05) is 0 Å². The molecule has 0 unspecified atom stereocenters. The van der Waals surface area contributed by atoms with E-state index < -0.39 is 0 Å². The summed E-state index contributed by atoms with van der Waals surface area (Å²) >= 11 is 0. The molecule has 0 fully saturated rings. The van der Waals surface area contributed by atoms with Gasteiger partial charge in [0.1, 0.15) is 0 Å². The normalized spacial score (nSPS) is 23.3. The Morgan fingerprint density at radius 1 is 0.227 bits per heavy atom. The van der Waals surface area contributed by atoms with Gasteiger partial charge in [0, 0.05) is 0 Å². The van der Waals surface area contributed by atoms with E-state index in [9.17, 15) is 0 Å². The fourth-order valence-electron chi connectivity index (χ4n) is 3.59. The topological polar surface area (TPSA) is 0 Å². The van der Waals surface area contributed by atoms with E-state index in [2.05, 4.69) is 12.2 Å². The van der Waals surface area contributed by atoms with Crippen LogP contribution in [-0.2, 0) is 0 Å². The first-order valence-electron chi connectivity index (χ1n) is 10.6. The molecule has 0 heterocycles. The van der Waals surface area contributed by atoms with E-state index in [-0.39, 0.29) is 0 Å². The molecule has 0 aromatic carbocycles. The molecule has 0 spiro atoms. The number of hydrogen-bond donors (Lipinski definition) is 0.